The molecule has 0 spiro atoms. The van der Waals surface area contributed by atoms with Gasteiger partial charge in [0.2, 0.25) is 11.8 Å². The summed E-state index contributed by atoms with van der Waals surface area (Å²) in [6.45, 7) is 4.25. The van der Waals surface area contributed by atoms with Crippen molar-refractivity contribution < 1.29 is 22.7 Å². The number of para-hydroxylation sites is 1. The number of nitrogens with two attached hydrogens (primary N) is 2. The normalized spacial score (nSPS) is 21.3. The molecule has 248 valence electrons. The molecule has 1 aromatic heterocycles. The third-order valence-corrected chi connectivity index (χ3v) is 12.2. The van der Waals surface area contributed by atoms with E-state index in [4.69, 9.17) is 39.4 Å². The summed E-state index contributed by atoms with van der Waals surface area (Å²) >= 11 is 13.4. The zero-order chi connectivity index (χ0) is 33.2. The number of rotatable bonds is 11. The molecule has 2 fully saturated rings. The van der Waals surface area contributed by atoms with E-state index in [0.717, 1.165) is 35.9 Å². The third-order valence-electron chi connectivity index (χ3n) is 9.09. The maximum atomic E-state index is 14.4. The van der Waals surface area contributed by atoms with Crippen molar-refractivity contribution in [2.75, 3.05) is 13.1 Å². The summed E-state index contributed by atoms with van der Waals surface area (Å²) < 4.78 is 35.0. The number of carbonyl (C=O) groups is 2. The molecular weight excluding hydrogens is 649 g/mol. The molecule has 2 aromatic carbocycles. The second kappa shape index (κ2) is 14.4. The van der Waals surface area contributed by atoms with Crippen LogP contribution in [0.3, 0.4) is 0 Å². The van der Waals surface area contributed by atoms with Crippen LogP contribution in [-0.4, -0.2) is 60.7 Å². The first kappa shape index (κ1) is 34.4. The Morgan fingerprint density at radius 2 is 1.91 bits per heavy atom. The third kappa shape index (κ3) is 7.28. The van der Waals surface area contributed by atoms with Crippen LogP contribution in [0.15, 0.2) is 41.3 Å². The van der Waals surface area contributed by atoms with Crippen molar-refractivity contribution in [3.8, 4) is 5.75 Å². The van der Waals surface area contributed by atoms with E-state index in [2.05, 4.69) is 10.3 Å². The largest absolute Gasteiger partial charge is 0.487 e. The number of pyridine rings is 1. The minimum Gasteiger partial charge on any atom is -0.487 e. The average molecular weight is 691 g/mol. The molecule has 5 rings (SSSR count). The number of ether oxygens (including phenoxy) is 1. The Kier molecular flexibility index (Phi) is 10.8. The van der Waals surface area contributed by atoms with Crippen LogP contribution >= 0.6 is 23.2 Å². The predicted octanol–water partition coefficient (Wildman–Crippen LogP) is 4.81. The van der Waals surface area contributed by atoms with Crippen LogP contribution in [-0.2, 0) is 26.0 Å². The Balaban J connectivity index is 1.42. The van der Waals surface area contributed by atoms with E-state index in [9.17, 15) is 18.0 Å². The number of primary amides is 1. The van der Waals surface area contributed by atoms with E-state index in [1.165, 1.54) is 12.1 Å². The quantitative estimate of drug-likeness (QED) is 0.259. The monoisotopic (exact) mass is 689 g/mol. The Morgan fingerprint density at radius 3 is 2.65 bits per heavy atom. The summed E-state index contributed by atoms with van der Waals surface area (Å²) in [4.78, 5) is 31.4. The Morgan fingerprint density at radius 1 is 1.13 bits per heavy atom. The number of aryl methyl sites for hydroxylation is 2. The number of amides is 2. The summed E-state index contributed by atoms with van der Waals surface area (Å²) in [5.41, 5.74) is 14.6. The summed E-state index contributed by atoms with van der Waals surface area (Å²) in [6, 6.07) is 9.68. The summed E-state index contributed by atoms with van der Waals surface area (Å²) in [7, 11) is -4.19. The van der Waals surface area contributed by atoms with Crippen molar-refractivity contribution in [3.05, 3.63) is 63.3 Å². The summed E-state index contributed by atoms with van der Waals surface area (Å²) in [5.74, 6) is -0.430. The fourth-order valence-electron chi connectivity index (χ4n) is 6.76. The van der Waals surface area contributed by atoms with Gasteiger partial charge in [0.25, 0.3) is 0 Å². The molecule has 1 aliphatic heterocycles. The lowest BCUT2D eigenvalue weighted by Crippen LogP contribution is -2.50. The van der Waals surface area contributed by atoms with Crippen LogP contribution < -0.4 is 21.5 Å². The molecule has 2 amide bonds. The first-order valence-corrected chi connectivity index (χ1v) is 18.0. The maximum Gasteiger partial charge on any atom is 0.234 e. The van der Waals surface area contributed by atoms with Gasteiger partial charge >= 0.3 is 0 Å². The number of nitrogens with zero attached hydrogens (tertiary/aromatic N) is 2. The van der Waals surface area contributed by atoms with Gasteiger partial charge in [-0.1, -0.05) is 41.8 Å². The number of halogens is 2. The Hall–Kier alpha value is -2.96. The number of likely N-dealkylation sites (tertiary alicyclic amines) is 1. The minimum atomic E-state index is -4.19. The highest BCUT2D eigenvalue weighted by Crippen LogP contribution is 2.37. The van der Waals surface area contributed by atoms with Gasteiger partial charge in [-0.2, -0.15) is 0 Å². The van der Waals surface area contributed by atoms with Crippen molar-refractivity contribution in [1.82, 2.24) is 15.2 Å². The molecule has 13 heteroatoms. The Labute approximate surface area is 280 Å². The van der Waals surface area contributed by atoms with Crippen LogP contribution in [0.25, 0.3) is 10.9 Å². The second-order valence-electron chi connectivity index (χ2n) is 12.4. The Bertz CT molecular complexity index is 1740. The summed E-state index contributed by atoms with van der Waals surface area (Å²) in [6.07, 6.45) is 4.19. The number of aromatic nitrogens is 1. The van der Waals surface area contributed by atoms with Gasteiger partial charge in [0.05, 0.1) is 16.0 Å². The minimum absolute atomic E-state index is 0.0196. The molecule has 1 saturated carbocycles. The van der Waals surface area contributed by atoms with Crippen LogP contribution in [0.2, 0.25) is 10.0 Å². The number of hydrogen-bond acceptors (Lipinski definition) is 8. The lowest BCUT2D eigenvalue weighted by Gasteiger charge is -2.32. The van der Waals surface area contributed by atoms with Gasteiger partial charge in [0.15, 0.2) is 9.84 Å². The smallest absolute Gasteiger partial charge is 0.234 e. The van der Waals surface area contributed by atoms with Crippen LogP contribution in [0, 0.1) is 19.8 Å². The molecule has 10 nitrogen and oxygen atoms in total. The first-order valence-electron chi connectivity index (χ1n) is 15.7. The second-order valence-corrected chi connectivity index (χ2v) is 15.2. The first-order chi connectivity index (χ1) is 21.9. The topological polar surface area (TPSA) is 158 Å². The number of carbonyl (C=O) groups excluding carboxylic acids is 2. The van der Waals surface area contributed by atoms with Crippen LogP contribution in [0.5, 0.6) is 5.75 Å². The van der Waals surface area contributed by atoms with Crippen molar-refractivity contribution in [3.63, 3.8) is 0 Å². The highest BCUT2D eigenvalue weighted by molar-refractivity contribution is 7.92. The SMILES string of the molecule is Cc1cc(C)c2cccc(OCc3c(Cl)ccc(S(=O)(=O)C(CCNC(=O)C4CCCC(N)C4)N4CCCC4C(N)=O)c3Cl)c2n1. The average Bonchev–Trinajstić information content (AvgIpc) is 3.49. The van der Waals surface area contributed by atoms with Gasteiger partial charge in [-0.3, -0.25) is 14.5 Å². The predicted molar refractivity (Wildman–Crippen MR) is 179 cm³/mol. The summed E-state index contributed by atoms with van der Waals surface area (Å²) in [5, 5.41) is 2.87. The molecule has 4 atom stereocenters. The molecule has 1 aliphatic carbocycles. The van der Waals surface area contributed by atoms with E-state index in [1.54, 1.807) is 11.0 Å². The van der Waals surface area contributed by atoms with Gasteiger partial charge in [-0.05, 0) is 82.2 Å². The highest BCUT2D eigenvalue weighted by atomic mass is 35.5. The van der Waals surface area contributed by atoms with E-state index in [1.807, 2.05) is 32.0 Å². The number of benzene rings is 2. The maximum absolute atomic E-state index is 14.4. The van der Waals surface area contributed by atoms with Crippen molar-refractivity contribution in [2.24, 2.45) is 17.4 Å². The lowest BCUT2D eigenvalue weighted by molar-refractivity contribution is -0.126. The molecule has 3 aromatic rings. The van der Waals surface area contributed by atoms with Crippen LogP contribution in [0.4, 0.5) is 0 Å². The van der Waals surface area contributed by atoms with Crippen molar-refractivity contribution in [2.45, 2.75) is 87.8 Å². The number of sulfone groups is 1. The molecule has 4 unspecified atom stereocenters. The van der Waals surface area contributed by atoms with E-state index in [-0.39, 0.29) is 52.4 Å². The molecule has 1 saturated heterocycles. The fourth-order valence-corrected chi connectivity index (χ4v) is 9.53. The van der Waals surface area contributed by atoms with Gasteiger partial charge in [0, 0.05) is 46.7 Å². The molecule has 0 bridgehead atoms. The zero-order valence-electron chi connectivity index (χ0n) is 26.1. The van der Waals surface area contributed by atoms with Gasteiger partial charge < -0.3 is 21.5 Å². The van der Waals surface area contributed by atoms with Crippen molar-refractivity contribution >= 4 is 55.8 Å². The number of fused-ring (bicyclic) bond motifs is 1. The molecule has 2 heterocycles. The van der Waals surface area contributed by atoms with E-state index < -0.39 is 27.2 Å². The van der Waals surface area contributed by atoms with E-state index >= 15 is 0 Å². The lowest BCUT2D eigenvalue weighted by atomic mass is 9.85. The highest BCUT2D eigenvalue weighted by Gasteiger charge is 2.42. The fraction of sp³-hybridized carbons (Fsp3) is 0.485. The van der Waals surface area contributed by atoms with Gasteiger partial charge in [-0.25, -0.2) is 13.4 Å². The molecular formula is C33H41Cl2N5O5S. The number of hydrogen-bond donors (Lipinski definition) is 3. The number of nitrogens with one attached hydrogen (secondary N) is 1. The van der Waals surface area contributed by atoms with E-state index in [0.29, 0.717) is 42.6 Å². The van der Waals surface area contributed by atoms with Gasteiger partial charge in [-0.15, -0.1) is 0 Å². The molecule has 0 radical (unpaired) electrons. The van der Waals surface area contributed by atoms with Gasteiger partial charge in [0.1, 0.15) is 23.2 Å². The molecule has 46 heavy (non-hydrogen) atoms. The molecule has 5 N–H and O–H groups in total. The molecule has 2 aliphatic rings. The van der Waals surface area contributed by atoms with Crippen molar-refractivity contribution in [1.29, 1.82) is 0 Å². The van der Waals surface area contributed by atoms with Crippen LogP contribution in [0.1, 0.15) is 61.8 Å². The standard InChI is InChI=1S/C33H41Cl2N5O5S/c1-19-16-20(2)39-31-23(19)8-4-10-27(31)45-18-24-25(34)11-12-28(30(24)35)46(43,44)29(40-15-5-9-26(40)32(37)41)13-14-38-33(42)21-6-3-7-22(36)17-21/h4,8,10-12,16,21-22,26,29H,3,5-7,9,13-15,17-18,36H2,1-2H3,(H2,37,41)(H,38,42). The zero-order valence-corrected chi connectivity index (χ0v) is 28.4.